The lowest BCUT2D eigenvalue weighted by atomic mass is 10.1. The molecular weight excluding hydrogens is 236 g/mol. The minimum atomic E-state index is -0.849. The first kappa shape index (κ1) is 12.7. The van der Waals surface area contributed by atoms with Crippen molar-refractivity contribution in [1.82, 2.24) is 9.55 Å². The van der Waals surface area contributed by atoms with E-state index < -0.39 is 11.6 Å². The topological polar surface area (TPSA) is 43.8 Å². The molecule has 0 fully saturated rings. The van der Waals surface area contributed by atoms with Crippen molar-refractivity contribution in [2.24, 2.45) is 5.73 Å². The maximum atomic E-state index is 13.1. The fourth-order valence-electron chi connectivity index (χ4n) is 1.93. The van der Waals surface area contributed by atoms with Gasteiger partial charge in [-0.1, -0.05) is 6.07 Å². The van der Waals surface area contributed by atoms with Crippen LogP contribution in [0.5, 0.6) is 0 Å². The average molecular weight is 251 g/mol. The van der Waals surface area contributed by atoms with Gasteiger partial charge in [0.05, 0.1) is 6.04 Å². The minimum absolute atomic E-state index is 0.329. The quantitative estimate of drug-likeness (QED) is 0.907. The van der Waals surface area contributed by atoms with Gasteiger partial charge in [0.2, 0.25) is 0 Å². The van der Waals surface area contributed by atoms with E-state index in [1.807, 2.05) is 17.7 Å². The Morgan fingerprint density at radius 3 is 2.78 bits per heavy atom. The molecule has 0 aliphatic rings. The van der Waals surface area contributed by atoms with E-state index in [0.29, 0.717) is 12.0 Å². The summed E-state index contributed by atoms with van der Waals surface area (Å²) in [5.41, 5.74) is 6.70. The Labute approximate surface area is 104 Å². The van der Waals surface area contributed by atoms with Crippen molar-refractivity contribution in [2.75, 3.05) is 0 Å². The summed E-state index contributed by atoms with van der Waals surface area (Å²) in [4.78, 5) is 4.19. The third kappa shape index (κ3) is 2.56. The van der Waals surface area contributed by atoms with Crippen molar-refractivity contribution in [3.05, 3.63) is 53.6 Å². The van der Waals surface area contributed by atoms with Crippen LogP contribution in [0.25, 0.3) is 0 Å². The first-order valence-corrected chi connectivity index (χ1v) is 5.82. The van der Waals surface area contributed by atoms with Crippen LogP contribution in [0.3, 0.4) is 0 Å². The van der Waals surface area contributed by atoms with Crippen LogP contribution in [-0.4, -0.2) is 9.55 Å². The number of halogens is 2. The Kier molecular flexibility index (Phi) is 3.72. The molecule has 1 aromatic heterocycles. The molecule has 1 unspecified atom stereocenters. The number of aryl methyl sites for hydroxylation is 1. The molecule has 2 N–H and O–H groups in total. The smallest absolute Gasteiger partial charge is 0.159 e. The van der Waals surface area contributed by atoms with Crippen molar-refractivity contribution in [2.45, 2.75) is 25.9 Å². The van der Waals surface area contributed by atoms with Crippen LogP contribution in [-0.2, 0) is 13.0 Å². The molecule has 2 rings (SSSR count). The maximum Gasteiger partial charge on any atom is 0.159 e. The summed E-state index contributed by atoms with van der Waals surface area (Å²) in [6.45, 7) is 2.77. The Balaban J connectivity index is 2.16. The van der Waals surface area contributed by atoms with Gasteiger partial charge in [-0.15, -0.1) is 0 Å². The van der Waals surface area contributed by atoms with Crippen LogP contribution >= 0.6 is 0 Å². The van der Waals surface area contributed by atoms with E-state index in [4.69, 9.17) is 5.73 Å². The fourth-order valence-corrected chi connectivity index (χ4v) is 1.93. The van der Waals surface area contributed by atoms with Gasteiger partial charge in [0, 0.05) is 18.9 Å². The number of aromatic nitrogens is 2. The first-order chi connectivity index (χ1) is 8.61. The van der Waals surface area contributed by atoms with Crippen molar-refractivity contribution in [3.8, 4) is 0 Å². The third-order valence-corrected chi connectivity index (χ3v) is 2.86. The molecule has 0 aliphatic carbocycles. The van der Waals surface area contributed by atoms with Gasteiger partial charge in [0.1, 0.15) is 5.82 Å². The summed E-state index contributed by atoms with van der Waals surface area (Å²) < 4.78 is 27.8. The van der Waals surface area contributed by atoms with Gasteiger partial charge in [0.25, 0.3) is 0 Å². The molecule has 0 saturated carbocycles. The fraction of sp³-hybridized carbons (Fsp3) is 0.308. The second-order valence-corrected chi connectivity index (χ2v) is 4.13. The Bertz CT molecular complexity index is 537. The molecular formula is C13H15F2N3. The second-order valence-electron chi connectivity index (χ2n) is 4.13. The predicted molar refractivity (Wildman–Crippen MR) is 64.9 cm³/mol. The van der Waals surface area contributed by atoms with Crippen LogP contribution < -0.4 is 5.73 Å². The molecule has 96 valence electrons. The lowest BCUT2D eigenvalue weighted by molar-refractivity contribution is 0.505. The Morgan fingerprint density at radius 2 is 2.11 bits per heavy atom. The third-order valence-electron chi connectivity index (χ3n) is 2.86. The van der Waals surface area contributed by atoms with Gasteiger partial charge in [-0.2, -0.15) is 0 Å². The van der Waals surface area contributed by atoms with E-state index in [1.165, 1.54) is 12.1 Å². The van der Waals surface area contributed by atoms with E-state index in [1.54, 1.807) is 6.20 Å². The molecule has 0 bridgehead atoms. The molecule has 18 heavy (non-hydrogen) atoms. The number of nitrogens with zero attached hydrogens (tertiary/aromatic N) is 2. The number of rotatable bonds is 4. The average Bonchev–Trinajstić information content (AvgIpc) is 2.82. The van der Waals surface area contributed by atoms with Gasteiger partial charge in [-0.25, -0.2) is 13.8 Å². The summed E-state index contributed by atoms with van der Waals surface area (Å²) >= 11 is 0. The molecule has 0 amide bonds. The SMILES string of the molecule is CCn1ccnc1C(N)Cc1ccc(F)c(F)c1. The predicted octanol–water partition coefficient (Wildman–Crippen LogP) is 2.42. The van der Waals surface area contributed by atoms with Gasteiger partial charge in [-0.05, 0) is 31.0 Å². The molecule has 0 radical (unpaired) electrons. The normalized spacial score (nSPS) is 12.7. The van der Waals surface area contributed by atoms with Gasteiger partial charge < -0.3 is 10.3 Å². The van der Waals surface area contributed by atoms with Crippen molar-refractivity contribution < 1.29 is 8.78 Å². The first-order valence-electron chi connectivity index (χ1n) is 5.82. The zero-order valence-corrected chi connectivity index (χ0v) is 10.1. The summed E-state index contributed by atoms with van der Waals surface area (Å²) in [5, 5.41) is 0. The summed E-state index contributed by atoms with van der Waals surface area (Å²) in [6, 6.07) is 3.50. The zero-order chi connectivity index (χ0) is 13.1. The summed E-state index contributed by atoms with van der Waals surface area (Å²) in [6.07, 6.45) is 3.96. The number of hydrogen-bond acceptors (Lipinski definition) is 2. The highest BCUT2D eigenvalue weighted by Gasteiger charge is 2.13. The molecule has 0 saturated heterocycles. The zero-order valence-electron chi connectivity index (χ0n) is 10.1. The van der Waals surface area contributed by atoms with E-state index in [0.717, 1.165) is 18.4 Å². The molecule has 2 aromatic rings. The van der Waals surface area contributed by atoms with Gasteiger partial charge in [0.15, 0.2) is 11.6 Å². The molecule has 1 aromatic carbocycles. The van der Waals surface area contributed by atoms with Gasteiger partial charge >= 0.3 is 0 Å². The maximum absolute atomic E-state index is 13.1. The Hall–Kier alpha value is -1.75. The molecule has 5 heteroatoms. The standard InChI is InChI=1S/C13H15F2N3/c1-2-18-6-5-17-13(18)12(16)8-9-3-4-10(14)11(15)7-9/h3-7,12H,2,8,16H2,1H3. The van der Waals surface area contributed by atoms with Crippen LogP contribution in [0.1, 0.15) is 24.4 Å². The van der Waals surface area contributed by atoms with Crippen molar-refractivity contribution >= 4 is 0 Å². The highest BCUT2D eigenvalue weighted by atomic mass is 19.2. The van der Waals surface area contributed by atoms with Crippen LogP contribution in [0, 0.1) is 11.6 Å². The van der Waals surface area contributed by atoms with Gasteiger partial charge in [-0.3, -0.25) is 0 Å². The van der Waals surface area contributed by atoms with Crippen molar-refractivity contribution in [3.63, 3.8) is 0 Å². The Morgan fingerprint density at radius 1 is 1.33 bits per heavy atom. The number of hydrogen-bond donors (Lipinski definition) is 1. The molecule has 3 nitrogen and oxygen atoms in total. The number of nitrogens with two attached hydrogens (primary N) is 1. The lowest BCUT2D eigenvalue weighted by Gasteiger charge is -2.13. The molecule has 0 spiro atoms. The number of benzene rings is 1. The van der Waals surface area contributed by atoms with E-state index >= 15 is 0 Å². The second kappa shape index (κ2) is 5.27. The van der Waals surface area contributed by atoms with Crippen molar-refractivity contribution in [1.29, 1.82) is 0 Å². The van der Waals surface area contributed by atoms with E-state index in [9.17, 15) is 8.78 Å². The lowest BCUT2D eigenvalue weighted by Crippen LogP contribution is -2.18. The number of imidazole rings is 1. The summed E-state index contributed by atoms with van der Waals surface area (Å²) in [5.74, 6) is -0.942. The molecule has 1 heterocycles. The van der Waals surface area contributed by atoms with Crippen LogP contribution in [0.4, 0.5) is 8.78 Å². The minimum Gasteiger partial charge on any atom is -0.334 e. The van der Waals surface area contributed by atoms with Crippen LogP contribution in [0.2, 0.25) is 0 Å². The molecule has 1 atom stereocenters. The van der Waals surface area contributed by atoms with E-state index in [2.05, 4.69) is 4.98 Å². The highest BCUT2D eigenvalue weighted by Crippen LogP contribution is 2.16. The monoisotopic (exact) mass is 251 g/mol. The molecule has 0 aliphatic heterocycles. The highest BCUT2D eigenvalue weighted by molar-refractivity contribution is 5.20. The van der Waals surface area contributed by atoms with Crippen LogP contribution in [0.15, 0.2) is 30.6 Å². The summed E-state index contributed by atoms with van der Waals surface area (Å²) in [7, 11) is 0. The van der Waals surface area contributed by atoms with E-state index in [-0.39, 0.29) is 6.04 Å². The largest absolute Gasteiger partial charge is 0.334 e.